The Balaban J connectivity index is 1.55. The van der Waals surface area contributed by atoms with E-state index in [1.54, 1.807) is 0 Å². The van der Waals surface area contributed by atoms with Gasteiger partial charge in [0, 0.05) is 26.1 Å². The van der Waals surface area contributed by atoms with E-state index in [0.29, 0.717) is 11.8 Å². The normalized spacial score (nSPS) is 20.9. The van der Waals surface area contributed by atoms with Gasteiger partial charge in [-0.15, -0.1) is 10.2 Å². The molecule has 4 heteroatoms. The van der Waals surface area contributed by atoms with Crippen LogP contribution in [0.25, 0.3) is 0 Å². The Bertz CT molecular complexity index is 578. The van der Waals surface area contributed by atoms with Crippen molar-refractivity contribution in [1.29, 1.82) is 0 Å². The molecule has 0 N–H and O–H groups in total. The van der Waals surface area contributed by atoms with Crippen LogP contribution in [0.1, 0.15) is 37.1 Å². The van der Waals surface area contributed by atoms with Crippen molar-refractivity contribution in [3.63, 3.8) is 0 Å². The van der Waals surface area contributed by atoms with Gasteiger partial charge in [-0.05, 0) is 37.3 Å². The highest BCUT2D eigenvalue weighted by Crippen LogP contribution is 2.25. The summed E-state index contributed by atoms with van der Waals surface area (Å²) >= 11 is 0. The number of aromatic nitrogens is 3. The van der Waals surface area contributed by atoms with Crippen LogP contribution in [-0.4, -0.2) is 39.3 Å². The number of likely N-dealkylation sites (tertiary alicyclic amines) is 1. The van der Waals surface area contributed by atoms with Crippen LogP contribution >= 0.6 is 0 Å². The second kappa shape index (κ2) is 7.05. The van der Waals surface area contributed by atoms with E-state index in [1.807, 2.05) is 13.4 Å². The highest BCUT2D eigenvalue weighted by Gasteiger charge is 2.25. The molecule has 1 fully saturated rings. The number of hydrogen-bond donors (Lipinski definition) is 0. The summed E-state index contributed by atoms with van der Waals surface area (Å²) in [7, 11) is 2.05. The Morgan fingerprint density at radius 3 is 2.82 bits per heavy atom. The Morgan fingerprint density at radius 2 is 2.09 bits per heavy atom. The third-order valence-electron chi connectivity index (χ3n) is 4.61. The van der Waals surface area contributed by atoms with Crippen molar-refractivity contribution in [3.05, 3.63) is 48.0 Å². The van der Waals surface area contributed by atoms with Crippen LogP contribution in [0.4, 0.5) is 0 Å². The summed E-state index contributed by atoms with van der Waals surface area (Å²) in [5, 5.41) is 8.34. The van der Waals surface area contributed by atoms with Crippen molar-refractivity contribution >= 4 is 0 Å². The number of benzene rings is 1. The third-order valence-corrected chi connectivity index (χ3v) is 4.61. The maximum Gasteiger partial charge on any atom is 0.136 e. The van der Waals surface area contributed by atoms with Crippen LogP contribution in [0.2, 0.25) is 0 Å². The molecule has 118 valence electrons. The highest BCUT2D eigenvalue weighted by molar-refractivity contribution is 5.15. The molecule has 1 aliphatic heterocycles. The first-order chi connectivity index (χ1) is 10.7. The molecule has 2 atom stereocenters. The van der Waals surface area contributed by atoms with Gasteiger partial charge in [0.15, 0.2) is 0 Å². The number of aryl methyl sites for hydroxylation is 1. The largest absolute Gasteiger partial charge is 0.320 e. The van der Waals surface area contributed by atoms with E-state index < -0.39 is 0 Å². The molecule has 0 bridgehead atoms. The first-order valence-corrected chi connectivity index (χ1v) is 8.32. The lowest BCUT2D eigenvalue weighted by Crippen LogP contribution is -2.38. The zero-order valence-corrected chi connectivity index (χ0v) is 13.7. The summed E-state index contributed by atoms with van der Waals surface area (Å²) in [5.74, 6) is 2.35. The number of rotatable bonds is 5. The topological polar surface area (TPSA) is 34.0 Å². The van der Waals surface area contributed by atoms with Crippen LogP contribution in [0.15, 0.2) is 36.7 Å². The van der Waals surface area contributed by atoms with Gasteiger partial charge in [0.2, 0.25) is 0 Å². The van der Waals surface area contributed by atoms with Crippen LogP contribution in [-0.2, 0) is 13.5 Å². The molecule has 3 rings (SSSR count). The smallest absolute Gasteiger partial charge is 0.136 e. The summed E-state index contributed by atoms with van der Waals surface area (Å²) in [6.45, 7) is 5.86. The molecule has 4 nitrogen and oxygen atoms in total. The van der Waals surface area contributed by atoms with E-state index in [1.165, 1.54) is 31.5 Å². The Morgan fingerprint density at radius 1 is 1.27 bits per heavy atom. The van der Waals surface area contributed by atoms with Crippen molar-refractivity contribution in [1.82, 2.24) is 19.7 Å². The van der Waals surface area contributed by atoms with Crippen molar-refractivity contribution in [3.8, 4) is 0 Å². The summed E-state index contributed by atoms with van der Waals surface area (Å²) in [6, 6.07) is 10.8. The zero-order valence-electron chi connectivity index (χ0n) is 13.7. The number of piperidine rings is 1. The van der Waals surface area contributed by atoms with Crippen LogP contribution in [0.3, 0.4) is 0 Å². The fourth-order valence-electron chi connectivity index (χ4n) is 3.62. The molecular formula is C18H26N4. The third kappa shape index (κ3) is 3.74. The highest BCUT2D eigenvalue weighted by atomic mass is 15.3. The molecule has 0 aliphatic carbocycles. The predicted octanol–water partition coefficient (Wildman–Crippen LogP) is 2.87. The fourth-order valence-corrected chi connectivity index (χ4v) is 3.62. The van der Waals surface area contributed by atoms with Crippen LogP contribution in [0, 0.1) is 5.92 Å². The SMILES string of the molecule is CC(Cc1ccccc1)CN1CCCC(c2nncn2C)C1. The molecule has 0 saturated carbocycles. The van der Waals surface area contributed by atoms with Crippen LogP contribution in [0.5, 0.6) is 0 Å². The maximum absolute atomic E-state index is 4.31. The van der Waals surface area contributed by atoms with Crippen molar-refractivity contribution in [2.45, 2.75) is 32.1 Å². The van der Waals surface area contributed by atoms with Crippen molar-refractivity contribution in [2.24, 2.45) is 13.0 Å². The summed E-state index contributed by atoms with van der Waals surface area (Å²) < 4.78 is 2.07. The zero-order chi connectivity index (χ0) is 15.4. The lowest BCUT2D eigenvalue weighted by molar-refractivity contribution is 0.179. The standard InChI is InChI=1S/C18H26N4/c1-15(11-16-7-4-3-5-8-16)12-22-10-6-9-17(13-22)18-20-19-14-21(18)2/h3-5,7-8,14-15,17H,6,9-13H2,1-2H3. The molecule has 0 spiro atoms. The molecule has 2 unspecified atom stereocenters. The number of hydrogen-bond acceptors (Lipinski definition) is 3. The first-order valence-electron chi connectivity index (χ1n) is 8.32. The van der Waals surface area contributed by atoms with Gasteiger partial charge in [0.05, 0.1) is 0 Å². The molecule has 1 aromatic heterocycles. The lowest BCUT2D eigenvalue weighted by Gasteiger charge is -2.33. The monoisotopic (exact) mass is 298 g/mol. The molecular weight excluding hydrogens is 272 g/mol. The van der Waals surface area contributed by atoms with E-state index in [9.17, 15) is 0 Å². The fraction of sp³-hybridized carbons (Fsp3) is 0.556. The van der Waals surface area contributed by atoms with Gasteiger partial charge in [0.25, 0.3) is 0 Å². The molecule has 2 heterocycles. The van der Waals surface area contributed by atoms with Gasteiger partial charge in [-0.2, -0.15) is 0 Å². The average molecular weight is 298 g/mol. The minimum absolute atomic E-state index is 0.533. The summed E-state index contributed by atoms with van der Waals surface area (Å²) in [6.07, 6.45) is 5.46. The van der Waals surface area contributed by atoms with Gasteiger partial charge in [-0.25, -0.2) is 0 Å². The minimum Gasteiger partial charge on any atom is -0.320 e. The molecule has 2 aromatic rings. The van der Waals surface area contributed by atoms with Gasteiger partial charge in [0.1, 0.15) is 12.2 Å². The van der Waals surface area contributed by atoms with Gasteiger partial charge in [-0.1, -0.05) is 37.3 Å². The average Bonchev–Trinajstić information content (AvgIpc) is 2.94. The van der Waals surface area contributed by atoms with E-state index >= 15 is 0 Å². The van der Waals surface area contributed by atoms with Crippen molar-refractivity contribution in [2.75, 3.05) is 19.6 Å². The minimum atomic E-state index is 0.533. The summed E-state index contributed by atoms with van der Waals surface area (Å²) in [4.78, 5) is 2.61. The molecule has 1 aromatic carbocycles. The Labute approximate surface area is 133 Å². The van der Waals surface area contributed by atoms with Gasteiger partial charge in [-0.3, -0.25) is 0 Å². The molecule has 22 heavy (non-hydrogen) atoms. The molecule has 1 aliphatic rings. The van der Waals surface area contributed by atoms with Crippen molar-refractivity contribution < 1.29 is 0 Å². The Hall–Kier alpha value is -1.68. The molecule has 0 amide bonds. The van der Waals surface area contributed by atoms with E-state index in [4.69, 9.17) is 0 Å². The van der Waals surface area contributed by atoms with E-state index in [2.05, 4.69) is 56.9 Å². The molecule has 0 radical (unpaired) electrons. The van der Waals surface area contributed by atoms with E-state index in [-0.39, 0.29) is 0 Å². The number of nitrogens with zero attached hydrogens (tertiary/aromatic N) is 4. The van der Waals surface area contributed by atoms with Gasteiger partial charge >= 0.3 is 0 Å². The second-order valence-corrected chi connectivity index (χ2v) is 6.69. The maximum atomic E-state index is 4.31. The predicted molar refractivity (Wildman–Crippen MR) is 88.7 cm³/mol. The second-order valence-electron chi connectivity index (χ2n) is 6.69. The Kier molecular flexibility index (Phi) is 4.88. The molecule has 1 saturated heterocycles. The first kappa shape index (κ1) is 15.2. The van der Waals surface area contributed by atoms with E-state index in [0.717, 1.165) is 18.8 Å². The van der Waals surface area contributed by atoms with Gasteiger partial charge < -0.3 is 9.47 Å². The van der Waals surface area contributed by atoms with Crippen LogP contribution < -0.4 is 0 Å². The quantitative estimate of drug-likeness (QED) is 0.851. The summed E-state index contributed by atoms with van der Waals surface area (Å²) in [5.41, 5.74) is 1.44. The lowest BCUT2D eigenvalue weighted by atomic mass is 9.95.